The molecule has 3 aromatic rings. The normalized spacial score (nSPS) is 15.1. The van der Waals surface area contributed by atoms with Crippen molar-refractivity contribution in [3.8, 4) is 5.75 Å². The monoisotopic (exact) mass is 419 g/mol. The summed E-state index contributed by atoms with van der Waals surface area (Å²) in [6.45, 7) is 4.71. The predicted octanol–water partition coefficient (Wildman–Crippen LogP) is 3.62. The maximum absolute atomic E-state index is 11.5. The van der Waals surface area contributed by atoms with Crippen LogP contribution in [0.2, 0.25) is 0 Å². The van der Waals surface area contributed by atoms with Gasteiger partial charge in [0.15, 0.2) is 0 Å². The molecule has 1 aliphatic rings. The van der Waals surface area contributed by atoms with Crippen LogP contribution in [0.25, 0.3) is 0 Å². The number of nitrogens with one attached hydrogen (secondary N) is 2. The quantitative estimate of drug-likeness (QED) is 0.534. The molecule has 1 atom stereocenters. The second kappa shape index (κ2) is 8.61. The maximum atomic E-state index is 11.5. The van der Waals surface area contributed by atoms with Crippen LogP contribution in [0, 0.1) is 0 Å². The third-order valence-corrected chi connectivity index (χ3v) is 5.08. The first-order chi connectivity index (χ1) is 15.0. The van der Waals surface area contributed by atoms with Crippen LogP contribution in [0.5, 0.6) is 5.75 Å². The van der Waals surface area contributed by atoms with Gasteiger partial charge in [-0.1, -0.05) is 12.1 Å². The summed E-state index contributed by atoms with van der Waals surface area (Å²) in [5, 5.41) is 14.9. The van der Waals surface area contributed by atoms with Crippen LogP contribution in [0.3, 0.4) is 0 Å². The standard InChI is InChI=1S/C23H25N5O3/c1-14(2)26-22-20-19(9-11-25-22)28(13-15-4-6-17(31-3)7-5-15)27-21(20)18-12-16(23(29)30)8-10-24-18/h4-12,14,21,27H,13H2,1-3H3,(H,25,26)(H,29,30). The van der Waals surface area contributed by atoms with Gasteiger partial charge in [-0.05, 0) is 49.7 Å². The molecule has 4 rings (SSSR count). The number of aromatic nitrogens is 2. The summed E-state index contributed by atoms with van der Waals surface area (Å²) >= 11 is 0. The summed E-state index contributed by atoms with van der Waals surface area (Å²) in [5.41, 5.74) is 7.34. The number of ether oxygens (including phenoxy) is 1. The van der Waals surface area contributed by atoms with Crippen molar-refractivity contribution >= 4 is 17.5 Å². The Bertz CT molecular complexity index is 1080. The molecule has 3 N–H and O–H groups in total. The van der Waals surface area contributed by atoms with Crippen molar-refractivity contribution in [2.75, 3.05) is 17.4 Å². The molecular weight excluding hydrogens is 394 g/mol. The topological polar surface area (TPSA) is 99.6 Å². The van der Waals surface area contributed by atoms with Crippen LogP contribution < -0.4 is 20.5 Å². The van der Waals surface area contributed by atoms with E-state index < -0.39 is 5.97 Å². The van der Waals surface area contributed by atoms with E-state index in [1.54, 1.807) is 19.4 Å². The molecule has 1 aliphatic heterocycles. The average Bonchev–Trinajstić information content (AvgIpc) is 3.13. The summed E-state index contributed by atoms with van der Waals surface area (Å²) in [5.74, 6) is 0.576. The van der Waals surface area contributed by atoms with Crippen LogP contribution in [0.4, 0.5) is 11.5 Å². The Balaban J connectivity index is 1.74. The summed E-state index contributed by atoms with van der Waals surface area (Å²) in [7, 11) is 1.65. The number of fused-ring (bicyclic) bond motifs is 1. The highest BCUT2D eigenvalue weighted by Crippen LogP contribution is 2.40. The van der Waals surface area contributed by atoms with Gasteiger partial charge < -0.3 is 20.2 Å². The molecule has 0 saturated heterocycles. The number of methoxy groups -OCH3 is 1. The summed E-state index contributed by atoms with van der Waals surface area (Å²) in [4.78, 5) is 20.5. The third-order valence-electron chi connectivity index (χ3n) is 5.08. The highest BCUT2D eigenvalue weighted by molar-refractivity contribution is 5.87. The zero-order chi connectivity index (χ0) is 22.0. The third kappa shape index (κ3) is 4.29. The van der Waals surface area contributed by atoms with Crippen LogP contribution >= 0.6 is 0 Å². The number of anilines is 2. The molecule has 1 unspecified atom stereocenters. The van der Waals surface area contributed by atoms with Gasteiger partial charge in [-0.25, -0.2) is 15.2 Å². The van der Waals surface area contributed by atoms with Gasteiger partial charge in [-0.2, -0.15) is 0 Å². The van der Waals surface area contributed by atoms with Crippen molar-refractivity contribution in [1.82, 2.24) is 15.4 Å². The van der Waals surface area contributed by atoms with E-state index in [4.69, 9.17) is 4.74 Å². The fourth-order valence-electron chi connectivity index (χ4n) is 3.66. The average molecular weight is 419 g/mol. The van der Waals surface area contributed by atoms with E-state index in [9.17, 15) is 9.90 Å². The summed E-state index contributed by atoms with van der Waals surface area (Å²) < 4.78 is 5.25. The number of hydrogen-bond donors (Lipinski definition) is 3. The first-order valence-corrected chi connectivity index (χ1v) is 10.1. The smallest absolute Gasteiger partial charge is 0.335 e. The van der Waals surface area contributed by atoms with Gasteiger partial charge in [0.1, 0.15) is 11.6 Å². The van der Waals surface area contributed by atoms with Gasteiger partial charge in [-0.15, -0.1) is 0 Å². The Morgan fingerprint density at radius 2 is 1.94 bits per heavy atom. The zero-order valence-electron chi connectivity index (χ0n) is 17.7. The molecule has 0 saturated carbocycles. The van der Waals surface area contributed by atoms with Gasteiger partial charge in [0.25, 0.3) is 0 Å². The Morgan fingerprint density at radius 1 is 1.19 bits per heavy atom. The van der Waals surface area contributed by atoms with E-state index in [1.807, 2.05) is 35.3 Å². The minimum absolute atomic E-state index is 0.189. The van der Waals surface area contributed by atoms with Crippen molar-refractivity contribution in [2.24, 2.45) is 0 Å². The second-order valence-electron chi connectivity index (χ2n) is 7.66. The molecule has 0 amide bonds. The summed E-state index contributed by atoms with van der Waals surface area (Å²) in [6, 6.07) is 12.8. The number of carbonyl (C=O) groups is 1. The van der Waals surface area contributed by atoms with Crippen molar-refractivity contribution in [1.29, 1.82) is 0 Å². The minimum Gasteiger partial charge on any atom is -0.497 e. The van der Waals surface area contributed by atoms with E-state index in [-0.39, 0.29) is 17.6 Å². The number of aromatic carboxylic acids is 1. The molecule has 1 aromatic carbocycles. The maximum Gasteiger partial charge on any atom is 0.335 e. The molecule has 0 spiro atoms. The van der Waals surface area contributed by atoms with Gasteiger partial charge in [0.2, 0.25) is 0 Å². The van der Waals surface area contributed by atoms with Gasteiger partial charge in [0.05, 0.1) is 36.6 Å². The number of rotatable bonds is 7. The Labute approximate surface area is 180 Å². The number of nitrogens with zero attached hydrogens (tertiary/aromatic N) is 3. The molecule has 2 aromatic heterocycles. The fraction of sp³-hybridized carbons (Fsp3) is 0.261. The molecular formula is C23H25N5O3. The lowest BCUT2D eigenvalue weighted by atomic mass is 10.0. The highest BCUT2D eigenvalue weighted by Gasteiger charge is 2.34. The van der Waals surface area contributed by atoms with Crippen molar-refractivity contribution in [3.05, 3.63) is 77.2 Å². The van der Waals surface area contributed by atoms with E-state index >= 15 is 0 Å². The van der Waals surface area contributed by atoms with E-state index in [2.05, 4.69) is 34.6 Å². The Morgan fingerprint density at radius 3 is 2.61 bits per heavy atom. The van der Waals surface area contributed by atoms with Gasteiger partial charge in [0, 0.05) is 24.0 Å². The predicted molar refractivity (Wildman–Crippen MR) is 118 cm³/mol. The number of pyridine rings is 2. The van der Waals surface area contributed by atoms with Crippen LogP contribution in [-0.4, -0.2) is 34.2 Å². The van der Waals surface area contributed by atoms with Crippen LogP contribution in [0.15, 0.2) is 54.9 Å². The zero-order valence-corrected chi connectivity index (χ0v) is 17.7. The largest absolute Gasteiger partial charge is 0.497 e. The van der Waals surface area contributed by atoms with Crippen molar-refractivity contribution in [2.45, 2.75) is 32.5 Å². The van der Waals surface area contributed by atoms with Crippen molar-refractivity contribution in [3.63, 3.8) is 0 Å². The lowest BCUT2D eigenvalue weighted by Crippen LogP contribution is -2.34. The minimum atomic E-state index is -0.983. The molecule has 8 heteroatoms. The Kier molecular flexibility index (Phi) is 5.73. The summed E-state index contributed by atoms with van der Waals surface area (Å²) in [6.07, 6.45) is 3.30. The van der Waals surface area contributed by atoms with Gasteiger partial charge >= 0.3 is 5.97 Å². The van der Waals surface area contributed by atoms with E-state index in [0.717, 1.165) is 28.4 Å². The number of carboxylic acids is 1. The van der Waals surface area contributed by atoms with E-state index in [0.29, 0.717) is 12.2 Å². The SMILES string of the molecule is COc1ccc(CN2NC(c3cc(C(=O)O)ccn3)c3c2ccnc3NC(C)C)cc1. The van der Waals surface area contributed by atoms with Crippen molar-refractivity contribution < 1.29 is 14.6 Å². The molecule has 31 heavy (non-hydrogen) atoms. The van der Waals surface area contributed by atoms with Crippen LogP contribution in [0.1, 0.15) is 47.1 Å². The molecule has 0 radical (unpaired) electrons. The molecule has 0 bridgehead atoms. The molecule has 0 aliphatic carbocycles. The molecule has 0 fully saturated rings. The number of hydrogen-bond acceptors (Lipinski definition) is 7. The molecule has 8 nitrogen and oxygen atoms in total. The van der Waals surface area contributed by atoms with E-state index in [1.165, 1.54) is 12.3 Å². The number of benzene rings is 1. The number of hydrazine groups is 1. The second-order valence-corrected chi connectivity index (χ2v) is 7.66. The van der Waals surface area contributed by atoms with Gasteiger partial charge in [-0.3, -0.25) is 4.98 Å². The fourth-order valence-corrected chi connectivity index (χ4v) is 3.66. The highest BCUT2D eigenvalue weighted by atomic mass is 16.5. The number of carboxylic acid groups (broad SMARTS) is 1. The molecule has 3 heterocycles. The van der Waals surface area contributed by atoms with Crippen LogP contribution in [-0.2, 0) is 6.54 Å². The first-order valence-electron chi connectivity index (χ1n) is 10.1. The lowest BCUT2D eigenvalue weighted by molar-refractivity contribution is 0.0696. The lowest BCUT2D eigenvalue weighted by Gasteiger charge is -2.21. The first kappa shape index (κ1) is 20.6. The Hall–Kier alpha value is -3.65. The molecule has 160 valence electrons.